The fourth-order valence-electron chi connectivity index (χ4n) is 6.30. The molecular weight excluding hydrogens is 821 g/mol. The molecule has 2 radical (unpaired) electrons. The number of rotatable bonds is 47. The number of carbonyl (C=O) groups excluding carboxylic acids is 4. The molecule has 0 fully saturated rings. The van der Waals surface area contributed by atoms with Crippen LogP contribution in [0.5, 0.6) is 0 Å². The lowest BCUT2D eigenvalue weighted by Crippen LogP contribution is -2.41. The first-order chi connectivity index (χ1) is 30.5. The molecule has 362 valence electrons. The van der Waals surface area contributed by atoms with E-state index in [1.807, 2.05) is 0 Å². The van der Waals surface area contributed by atoms with Crippen LogP contribution in [0.25, 0.3) is 0 Å². The summed E-state index contributed by atoms with van der Waals surface area (Å²) < 4.78 is 21.3. The summed E-state index contributed by atoms with van der Waals surface area (Å²) in [7, 11) is 5.17. The minimum absolute atomic E-state index is 0.0295. The van der Waals surface area contributed by atoms with Crippen LogP contribution in [0.2, 0.25) is 0 Å². The van der Waals surface area contributed by atoms with E-state index in [0.29, 0.717) is 32.2 Å². The molecule has 0 aromatic rings. The molecule has 19 nitrogen and oxygen atoms in total. The summed E-state index contributed by atoms with van der Waals surface area (Å²) in [6, 6.07) is -1.96. The minimum atomic E-state index is -1.19. The van der Waals surface area contributed by atoms with Crippen molar-refractivity contribution >= 4 is 49.5 Å². The number of ether oxygens (including phenoxy) is 4. The Hall–Kier alpha value is -3.85. The molecule has 0 aliphatic heterocycles. The second-order valence-corrected chi connectivity index (χ2v) is 15.5. The van der Waals surface area contributed by atoms with Crippen molar-refractivity contribution in [3.8, 4) is 0 Å². The zero-order valence-corrected chi connectivity index (χ0v) is 37.6. The van der Waals surface area contributed by atoms with Gasteiger partial charge in [0.25, 0.3) is 0 Å². The SMILES string of the molecule is [B]NC(CCCCNC(=O)COCCOCCNC(=O)COCCOCCNC(=O)CCC(NC(=O)CCCCCCCCCCCCCCCCCCC(=O)O)C(=O)O)C(=O)O. The Labute approximate surface area is 375 Å². The molecule has 0 spiro atoms. The summed E-state index contributed by atoms with van der Waals surface area (Å²) in [5, 5.41) is 39.8. The lowest BCUT2D eigenvalue weighted by atomic mass is 10.0. The lowest BCUT2D eigenvalue weighted by molar-refractivity contribution is -0.142. The van der Waals surface area contributed by atoms with Crippen molar-refractivity contribution in [2.45, 2.75) is 160 Å². The third-order valence-corrected chi connectivity index (χ3v) is 9.93. The lowest BCUT2D eigenvalue weighted by Gasteiger charge is -2.14. The van der Waals surface area contributed by atoms with Crippen molar-refractivity contribution in [3.63, 3.8) is 0 Å². The van der Waals surface area contributed by atoms with Crippen molar-refractivity contribution in [2.75, 3.05) is 72.5 Å². The number of unbranched alkanes of at least 4 members (excludes halogenated alkanes) is 16. The highest BCUT2D eigenvalue weighted by atomic mass is 16.5. The number of aliphatic carboxylic acids is 3. The maximum absolute atomic E-state index is 12.3. The van der Waals surface area contributed by atoms with E-state index in [1.165, 1.54) is 57.8 Å². The van der Waals surface area contributed by atoms with E-state index < -0.39 is 30.0 Å². The van der Waals surface area contributed by atoms with Gasteiger partial charge < -0.3 is 60.8 Å². The van der Waals surface area contributed by atoms with Crippen LogP contribution in [0, 0.1) is 0 Å². The van der Waals surface area contributed by atoms with Crippen LogP contribution in [-0.2, 0) is 52.5 Å². The average molecular weight is 900 g/mol. The van der Waals surface area contributed by atoms with E-state index in [4.69, 9.17) is 37.1 Å². The van der Waals surface area contributed by atoms with Gasteiger partial charge in [-0.15, -0.1) is 0 Å². The average Bonchev–Trinajstić information content (AvgIpc) is 3.24. The monoisotopic (exact) mass is 900 g/mol. The van der Waals surface area contributed by atoms with Gasteiger partial charge in [0.15, 0.2) is 7.98 Å². The van der Waals surface area contributed by atoms with Gasteiger partial charge in [0.2, 0.25) is 23.6 Å². The first kappa shape index (κ1) is 59.2. The molecule has 0 aliphatic carbocycles. The fraction of sp³-hybridized carbons (Fsp3) is 0.837. The topological polar surface area (TPSA) is 277 Å². The molecule has 2 unspecified atom stereocenters. The predicted molar refractivity (Wildman–Crippen MR) is 236 cm³/mol. The van der Waals surface area contributed by atoms with Crippen LogP contribution < -0.4 is 26.5 Å². The van der Waals surface area contributed by atoms with Crippen LogP contribution >= 0.6 is 0 Å². The Morgan fingerprint density at radius 2 is 0.810 bits per heavy atom. The Bertz CT molecular complexity index is 1230. The normalized spacial score (nSPS) is 12.0. The van der Waals surface area contributed by atoms with Crippen LogP contribution in [0.3, 0.4) is 0 Å². The van der Waals surface area contributed by atoms with Gasteiger partial charge in [0.1, 0.15) is 19.3 Å². The van der Waals surface area contributed by atoms with Crippen molar-refractivity contribution in [1.29, 1.82) is 0 Å². The van der Waals surface area contributed by atoms with Gasteiger partial charge >= 0.3 is 17.9 Å². The van der Waals surface area contributed by atoms with Gasteiger partial charge in [-0.05, 0) is 38.5 Å². The third-order valence-electron chi connectivity index (χ3n) is 9.93. The zero-order valence-electron chi connectivity index (χ0n) is 37.6. The maximum Gasteiger partial charge on any atom is 0.326 e. The Balaban J connectivity index is 3.64. The van der Waals surface area contributed by atoms with E-state index in [-0.39, 0.29) is 115 Å². The quantitative estimate of drug-likeness (QED) is 0.0322. The molecule has 0 rings (SSSR count). The standard InChI is InChI=1S/C43H78BN5O14/c44-49-36(43(58)59)19-17-18-24-45-39(52)33-62-31-30-61-28-26-47-40(53)34-63-32-29-60-27-25-46-37(50)23-22-35(42(56)57)48-38(51)20-15-13-11-9-7-5-3-1-2-4-6-8-10-12-14-16-21-41(54)55/h35-36,49H,1-34H2,(H,45,52)(H,46,50)(H,47,53)(H,48,51)(H,54,55)(H,56,57)(H,58,59). The largest absolute Gasteiger partial charge is 0.481 e. The molecule has 0 bridgehead atoms. The number of hydrogen-bond acceptors (Lipinski definition) is 12. The summed E-state index contributed by atoms with van der Waals surface area (Å²) >= 11 is 0. The first-order valence-corrected chi connectivity index (χ1v) is 23.0. The van der Waals surface area contributed by atoms with Gasteiger partial charge in [0, 0.05) is 38.9 Å². The van der Waals surface area contributed by atoms with Gasteiger partial charge in [-0.3, -0.25) is 28.8 Å². The minimum Gasteiger partial charge on any atom is -0.481 e. The van der Waals surface area contributed by atoms with E-state index in [1.54, 1.807) is 0 Å². The highest BCUT2D eigenvalue weighted by Gasteiger charge is 2.21. The number of carbonyl (C=O) groups is 7. The molecule has 0 aromatic carbocycles. The number of hydrogen-bond donors (Lipinski definition) is 8. The Morgan fingerprint density at radius 3 is 1.25 bits per heavy atom. The maximum atomic E-state index is 12.3. The predicted octanol–water partition coefficient (Wildman–Crippen LogP) is 3.15. The summed E-state index contributed by atoms with van der Waals surface area (Å²) in [5.74, 6) is -4.23. The van der Waals surface area contributed by atoms with Crippen LogP contribution in [0.4, 0.5) is 0 Å². The molecule has 0 saturated carbocycles. The van der Waals surface area contributed by atoms with Crippen molar-refractivity contribution < 1.29 is 67.8 Å². The van der Waals surface area contributed by atoms with Crippen molar-refractivity contribution in [3.05, 3.63) is 0 Å². The van der Waals surface area contributed by atoms with E-state index in [9.17, 15) is 38.7 Å². The second-order valence-electron chi connectivity index (χ2n) is 15.5. The second kappa shape index (κ2) is 43.4. The van der Waals surface area contributed by atoms with E-state index >= 15 is 0 Å². The van der Waals surface area contributed by atoms with Gasteiger partial charge in [0.05, 0.1) is 45.7 Å². The summed E-state index contributed by atoms with van der Waals surface area (Å²) in [5.41, 5.74) is 0. The molecular formula is C43H78BN5O14. The van der Waals surface area contributed by atoms with Crippen molar-refractivity contribution in [2.24, 2.45) is 0 Å². The Kier molecular flexibility index (Phi) is 40.8. The van der Waals surface area contributed by atoms with E-state index in [2.05, 4.69) is 26.5 Å². The van der Waals surface area contributed by atoms with Crippen LogP contribution in [0.1, 0.15) is 148 Å². The molecule has 0 saturated heterocycles. The van der Waals surface area contributed by atoms with Gasteiger partial charge in [-0.1, -0.05) is 89.9 Å². The molecule has 8 N–H and O–H groups in total. The molecule has 2 atom stereocenters. The molecule has 20 heteroatoms. The van der Waals surface area contributed by atoms with Gasteiger partial charge in [-0.25, -0.2) is 4.79 Å². The molecule has 4 amide bonds. The highest BCUT2D eigenvalue weighted by Crippen LogP contribution is 2.14. The zero-order chi connectivity index (χ0) is 46.6. The van der Waals surface area contributed by atoms with E-state index in [0.717, 1.165) is 38.5 Å². The first-order valence-electron chi connectivity index (χ1n) is 23.0. The molecule has 0 aliphatic rings. The summed E-state index contributed by atoms with van der Waals surface area (Å²) in [4.78, 5) is 81.3. The summed E-state index contributed by atoms with van der Waals surface area (Å²) in [6.07, 6.45) is 19.8. The van der Waals surface area contributed by atoms with Crippen LogP contribution in [-0.4, -0.2) is 149 Å². The molecule has 0 heterocycles. The third kappa shape index (κ3) is 41.9. The molecule has 63 heavy (non-hydrogen) atoms. The smallest absolute Gasteiger partial charge is 0.326 e. The van der Waals surface area contributed by atoms with Crippen LogP contribution in [0.15, 0.2) is 0 Å². The number of carboxylic acids is 3. The number of amides is 4. The number of nitrogens with one attached hydrogen (secondary N) is 5. The summed E-state index contributed by atoms with van der Waals surface area (Å²) in [6.45, 7) is 1.75. The Morgan fingerprint density at radius 1 is 0.397 bits per heavy atom. The highest BCUT2D eigenvalue weighted by molar-refractivity contribution is 6.06. The number of carboxylic acid groups (broad SMARTS) is 3. The van der Waals surface area contributed by atoms with Gasteiger partial charge in [-0.2, -0.15) is 0 Å². The van der Waals surface area contributed by atoms with Crippen molar-refractivity contribution in [1.82, 2.24) is 26.5 Å². The fourth-order valence-corrected chi connectivity index (χ4v) is 6.30. The molecule has 0 aromatic heterocycles.